The highest BCUT2D eigenvalue weighted by Gasteiger charge is 2.05. The molecule has 0 amide bonds. The van der Waals surface area contributed by atoms with Crippen LogP contribution in [0.15, 0.2) is 6.08 Å². The fourth-order valence-corrected chi connectivity index (χ4v) is 0.297. The predicted molar refractivity (Wildman–Crippen MR) is 21.4 cm³/mol. The van der Waals surface area contributed by atoms with E-state index in [1.807, 2.05) is 6.07 Å². The van der Waals surface area contributed by atoms with E-state index < -0.39 is 0 Å². The average Bonchev–Trinajstić information content (AvgIpc) is 2.14. The summed E-state index contributed by atoms with van der Waals surface area (Å²) < 4.78 is 0. The highest BCUT2D eigenvalue weighted by Crippen LogP contribution is 1.90. The molecule has 0 aliphatic carbocycles. The van der Waals surface area contributed by atoms with Crippen LogP contribution in [0.1, 0.15) is 0 Å². The Morgan fingerprint density at radius 1 is 2.00 bits per heavy atom. The van der Waals surface area contributed by atoms with E-state index in [-0.39, 0.29) is 6.04 Å². The highest BCUT2D eigenvalue weighted by atomic mass is 16.6. The van der Waals surface area contributed by atoms with E-state index in [1.54, 1.807) is 0 Å². The van der Waals surface area contributed by atoms with E-state index >= 15 is 0 Å². The number of hydrogen-bond acceptors (Lipinski definition) is 3. The standard InChI is InChI=1S/C4H3N2O/c5-3-4-1-2-7-6-4/h1,4,6H. The zero-order valence-corrected chi connectivity index (χ0v) is 3.51. The Morgan fingerprint density at radius 2 is 2.86 bits per heavy atom. The molecule has 1 aliphatic heterocycles. The second-order valence-electron chi connectivity index (χ2n) is 1.11. The van der Waals surface area contributed by atoms with Crippen LogP contribution < -0.4 is 5.48 Å². The summed E-state index contributed by atoms with van der Waals surface area (Å²) in [7, 11) is 0. The molecular formula is C4H3N2O. The molecule has 1 radical (unpaired) electrons. The Balaban J connectivity index is 2.47. The minimum absolute atomic E-state index is 0.306. The fraction of sp³-hybridized carbons (Fsp3) is 0.250. The van der Waals surface area contributed by atoms with Gasteiger partial charge in [-0.15, -0.1) is 5.48 Å². The first-order valence-electron chi connectivity index (χ1n) is 1.83. The quantitative estimate of drug-likeness (QED) is 0.450. The minimum Gasteiger partial charge on any atom is -0.403 e. The van der Waals surface area contributed by atoms with Crippen molar-refractivity contribution >= 4 is 0 Å². The van der Waals surface area contributed by atoms with Gasteiger partial charge in [0.2, 0.25) is 0 Å². The Hall–Kier alpha value is -1.01. The van der Waals surface area contributed by atoms with Crippen molar-refractivity contribution in [2.24, 2.45) is 0 Å². The van der Waals surface area contributed by atoms with Crippen molar-refractivity contribution in [1.82, 2.24) is 5.48 Å². The van der Waals surface area contributed by atoms with Gasteiger partial charge in [0.25, 0.3) is 0 Å². The maximum atomic E-state index is 8.10. The van der Waals surface area contributed by atoms with Gasteiger partial charge in [-0.3, -0.25) is 0 Å². The van der Waals surface area contributed by atoms with Gasteiger partial charge in [-0.2, -0.15) is 5.26 Å². The summed E-state index contributed by atoms with van der Waals surface area (Å²) in [4.78, 5) is 4.37. The summed E-state index contributed by atoms with van der Waals surface area (Å²) in [6, 6.07) is 1.60. The Bertz CT molecular complexity index is 124. The molecule has 35 valence electrons. The van der Waals surface area contributed by atoms with E-state index in [2.05, 4.69) is 16.6 Å². The van der Waals surface area contributed by atoms with Gasteiger partial charge in [-0.25, -0.2) is 0 Å². The molecule has 3 nitrogen and oxygen atoms in total. The van der Waals surface area contributed by atoms with E-state index in [0.29, 0.717) is 0 Å². The first-order valence-corrected chi connectivity index (χ1v) is 1.83. The van der Waals surface area contributed by atoms with E-state index in [0.717, 1.165) is 0 Å². The fourth-order valence-electron chi connectivity index (χ4n) is 0.297. The van der Waals surface area contributed by atoms with Gasteiger partial charge >= 0.3 is 0 Å². The summed E-state index contributed by atoms with van der Waals surface area (Å²) in [5, 5.41) is 8.10. The van der Waals surface area contributed by atoms with E-state index in [1.165, 1.54) is 6.08 Å². The predicted octanol–water partition coefficient (Wildman–Crippen LogP) is -0.270. The monoisotopic (exact) mass is 95.0 g/mol. The molecular weight excluding hydrogens is 92.1 g/mol. The molecule has 0 fully saturated rings. The third-order valence-electron chi connectivity index (χ3n) is 0.619. The maximum Gasteiger partial charge on any atom is 0.190 e. The number of hydrogen-bond donors (Lipinski definition) is 1. The van der Waals surface area contributed by atoms with Crippen molar-refractivity contribution in [1.29, 1.82) is 5.26 Å². The molecule has 1 heterocycles. The molecule has 1 unspecified atom stereocenters. The van der Waals surface area contributed by atoms with Crippen molar-refractivity contribution in [3.05, 3.63) is 12.3 Å². The van der Waals surface area contributed by atoms with Gasteiger partial charge in [0.05, 0.1) is 6.07 Å². The molecule has 0 saturated carbocycles. The minimum atomic E-state index is -0.306. The second kappa shape index (κ2) is 1.63. The number of nitrogens with one attached hydrogen (secondary N) is 1. The van der Waals surface area contributed by atoms with Crippen molar-refractivity contribution in [3.63, 3.8) is 0 Å². The Kier molecular flexibility index (Phi) is 0.966. The van der Waals surface area contributed by atoms with Crippen LogP contribution in [0.2, 0.25) is 0 Å². The van der Waals surface area contributed by atoms with Gasteiger partial charge in [0.1, 0.15) is 0 Å². The largest absolute Gasteiger partial charge is 0.403 e. The van der Waals surface area contributed by atoms with Crippen LogP contribution in [0.4, 0.5) is 0 Å². The van der Waals surface area contributed by atoms with E-state index in [4.69, 9.17) is 5.26 Å². The lowest BCUT2D eigenvalue weighted by molar-refractivity contribution is 0.139. The van der Waals surface area contributed by atoms with E-state index in [9.17, 15) is 0 Å². The van der Waals surface area contributed by atoms with Gasteiger partial charge in [0.15, 0.2) is 12.3 Å². The van der Waals surface area contributed by atoms with Crippen molar-refractivity contribution < 1.29 is 4.84 Å². The molecule has 1 aliphatic rings. The summed E-state index contributed by atoms with van der Waals surface area (Å²) in [6.07, 6.45) is 3.88. The molecule has 0 aromatic carbocycles. The Labute approximate surface area is 41.1 Å². The zero-order valence-electron chi connectivity index (χ0n) is 3.51. The third-order valence-corrected chi connectivity index (χ3v) is 0.619. The molecule has 3 heteroatoms. The molecule has 0 bridgehead atoms. The van der Waals surface area contributed by atoms with Crippen LogP contribution in [0, 0.1) is 17.6 Å². The van der Waals surface area contributed by atoms with Gasteiger partial charge in [-0.1, -0.05) is 0 Å². The Morgan fingerprint density at radius 3 is 3.14 bits per heavy atom. The first kappa shape index (κ1) is 4.16. The van der Waals surface area contributed by atoms with Crippen molar-refractivity contribution in [3.8, 4) is 6.07 Å². The second-order valence-corrected chi connectivity index (χ2v) is 1.11. The smallest absolute Gasteiger partial charge is 0.190 e. The number of rotatable bonds is 0. The summed E-state index contributed by atoms with van der Waals surface area (Å²) in [5.74, 6) is 0. The lowest BCUT2D eigenvalue weighted by atomic mass is 10.4. The van der Waals surface area contributed by atoms with Gasteiger partial charge < -0.3 is 4.84 Å². The third kappa shape index (κ3) is 0.699. The molecule has 0 spiro atoms. The van der Waals surface area contributed by atoms with Crippen LogP contribution in [0.25, 0.3) is 0 Å². The topological polar surface area (TPSA) is 45.0 Å². The SMILES string of the molecule is N#CC1C=[C]ON1. The number of nitriles is 1. The van der Waals surface area contributed by atoms with Crippen molar-refractivity contribution in [2.45, 2.75) is 6.04 Å². The molecule has 0 aromatic heterocycles. The summed E-state index contributed by atoms with van der Waals surface area (Å²) in [6.45, 7) is 0. The normalized spacial score (nSPS) is 26.4. The number of hydroxylamine groups is 1. The molecule has 1 rings (SSSR count). The van der Waals surface area contributed by atoms with Crippen LogP contribution in [0.3, 0.4) is 0 Å². The van der Waals surface area contributed by atoms with Crippen LogP contribution in [-0.4, -0.2) is 6.04 Å². The van der Waals surface area contributed by atoms with Gasteiger partial charge in [-0.05, 0) is 6.08 Å². The summed E-state index contributed by atoms with van der Waals surface area (Å²) in [5.41, 5.74) is 2.38. The molecule has 0 aromatic rings. The molecule has 1 atom stereocenters. The zero-order chi connectivity index (χ0) is 5.11. The van der Waals surface area contributed by atoms with Gasteiger partial charge in [0, 0.05) is 0 Å². The average molecular weight is 95.1 g/mol. The molecule has 0 saturated heterocycles. The lowest BCUT2D eigenvalue weighted by Crippen LogP contribution is -2.17. The summed E-state index contributed by atoms with van der Waals surface area (Å²) >= 11 is 0. The van der Waals surface area contributed by atoms with Crippen LogP contribution in [-0.2, 0) is 4.84 Å². The first-order chi connectivity index (χ1) is 3.43. The highest BCUT2D eigenvalue weighted by molar-refractivity contribution is 5.02. The van der Waals surface area contributed by atoms with Crippen LogP contribution >= 0.6 is 0 Å². The van der Waals surface area contributed by atoms with Crippen molar-refractivity contribution in [2.75, 3.05) is 0 Å². The number of nitrogens with zero attached hydrogens (tertiary/aromatic N) is 1. The lowest BCUT2D eigenvalue weighted by Gasteiger charge is -1.90. The maximum absolute atomic E-state index is 8.10. The molecule has 7 heavy (non-hydrogen) atoms. The van der Waals surface area contributed by atoms with Crippen LogP contribution in [0.5, 0.6) is 0 Å². The molecule has 1 N–H and O–H groups in total.